The zero-order valence-electron chi connectivity index (χ0n) is 15.5. The van der Waals surface area contributed by atoms with Crippen LogP contribution in [0.1, 0.15) is 68.2 Å². The van der Waals surface area contributed by atoms with Crippen molar-refractivity contribution in [1.29, 1.82) is 0 Å². The van der Waals surface area contributed by atoms with Crippen molar-refractivity contribution in [2.75, 3.05) is 6.54 Å². The third-order valence-corrected chi connectivity index (χ3v) is 3.33. The highest BCUT2D eigenvalue weighted by Crippen LogP contribution is 2.21. The molecule has 21 heavy (non-hydrogen) atoms. The average molecular weight is 290 g/mol. The Balaban J connectivity index is 4.81. The second-order valence-corrected chi connectivity index (χ2v) is 7.37. The first-order chi connectivity index (χ1) is 9.54. The molecule has 1 nitrogen and oxygen atoms in total. The number of rotatable bonds is 7. The first kappa shape index (κ1) is 19.8. The van der Waals surface area contributed by atoms with Crippen LogP contribution in [-0.4, -0.2) is 17.0 Å². The summed E-state index contributed by atoms with van der Waals surface area (Å²) in [5, 5.41) is 0. The van der Waals surface area contributed by atoms with Crippen molar-refractivity contribution in [2.45, 2.75) is 73.8 Å². The van der Waals surface area contributed by atoms with Crippen molar-refractivity contribution in [1.82, 2.24) is 4.90 Å². The van der Waals surface area contributed by atoms with Crippen LogP contribution in [0.4, 0.5) is 0 Å². The Morgan fingerprint density at radius 1 is 0.952 bits per heavy atom. The molecule has 0 aromatic rings. The molecule has 0 aliphatic carbocycles. The summed E-state index contributed by atoms with van der Waals surface area (Å²) >= 11 is 0. The predicted molar refractivity (Wildman–Crippen MR) is 97.5 cm³/mol. The molecule has 0 heterocycles. The SMILES string of the molecule is C=C(C=C(C)C)N(C/C=C(\C)CCC=C(C)C)C(C)(C)C. The number of allylic oxidation sites excluding steroid dienone is 5. The van der Waals surface area contributed by atoms with Crippen molar-refractivity contribution in [2.24, 2.45) is 0 Å². The highest BCUT2D eigenvalue weighted by Gasteiger charge is 2.20. The molecule has 0 aliphatic heterocycles. The average Bonchev–Trinajstić information content (AvgIpc) is 2.25. The van der Waals surface area contributed by atoms with E-state index in [-0.39, 0.29) is 5.54 Å². The molecule has 0 spiro atoms. The Bertz CT molecular complexity index is 419. The Labute approximate surface area is 133 Å². The maximum atomic E-state index is 4.24. The normalized spacial score (nSPS) is 11.9. The quantitative estimate of drug-likeness (QED) is 0.395. The van der Waals surface area contributed by atoms with E-state index >= 15 is 0 Å². The van der Waals surface area contributed by atoms with E-state index in [0.29, 0.717) is 0 Å². The number of nitrogens with zero attached hydrogens (tertiary/aromatic N) is 1. The highest BCUT2D eigenvalue weighted by atomic mass is 15.2. The monoisotopic (exact) mass is 289 g/mol. The lowest BCUT2D eigenvalue weighted by molar-refractivity contribution is 0.212. The maximum Gasteiger partial charge on any atom is 0.0367 e. The van der Waals surface area contributed by atoms with Crippen LogP contribution < -0.4 is 0 Å². The second-order valence-electron chi connectivity index (χ2n) is 7.37. The second kappa shape index (κ2) is 8.92. The van der Waals surface area contributed by atoms with E-state index in [0.717, 1.165) is 25.1 Å². The minimum Gasteiger partial charge on any atom is -0.363 e. The largest absolute Gasteiger partial charge is 0.363 e. The molecular formula is C20H35N. The van der Waals surface area contributed by atoms with Crippen LogP contribution in [-0.2, 0) is 0 Å². The van der Waals surface area contributed by atoms with E-state index in [1.165, 1.54) is 16.7 Å². The summed E-state index contributed by atoms with van der Waals surface area (Å²) in [7, 11) is 0. The Kier molecular flexibility index (Phi) is 8.39. The van der Waals surface area contributed by atoms with E-state index in [2.05, 4.69) is 85.1 Å². The minimum atomic E-state index is 0.0831. The van der Waals surface area contributed by atoms with Crippen molar-refractivity contribution >= 4 is 0 Å². The molecule has 0 radical (unpaired) electrons. The van der Waals surface area contributed by atoms with E-state index in [1.54, 1.807) is 0 Å². The van der Waals surface area contributed by atoms with Gasteiger partial charge in [-0.25, -0.2) is 0 Å². The lowest BCUT2D eigenvalue weighted by Crippen LogP contribution is -2.40. The minimum absolute atomic E-state index is 0.0831. The van der Waals surface area contributed by atoms with Gasteiger partial charge in [0.25, 0.3) is 0 Å². The Morgan fingerprint density at radius 3 is 1.95 bits per heavy atom. The molecule has 1 heteroatoms. The molecule has 0 fully saturated rings. The van der Waals surface area contributed by atoms with Crippen LogP contribution in [0.2, 0.25) is 0 Å². The third kappa shape index (κ3) is 9.33. The van der Waals surface area contributed by atoms with Crippen molar-refractivity contribution < 1.29 is 0 Å². The summed E-state index contributed by atoms with van der Waals surface area (Å²) in [5.41, 5.74) is 5.32. The summed E-state index contributed by atoms with van der Waals surface area (Å²) in [6.07, 6.45) is 9.08. The van der Waals surface area contributed by atoms with Crippen molar-refractivity contribution in [3.05, 3.63) is 47.2 Å². The van der Waals surface area contributed by atoms with Crippen LogP contribution in [0.15, 0.2) is 47.2 Å². The topological polar surface area (TPSA) is 3.24 Å². The molecule has 0 rings (SSSR count). The molecule has 0 aliphatic rings. The summed E-state index contributed by atoms with van der Waals surface area (Å²) in [6.45, 7) is 22.7. The molecule has 120 valence electrons. The predicted octanol–water partition coefficient (Wildman–Crippen LogP) is 6.26. The summed E-state index contributed by atoms with van der Waals surface area (Å²) in [5.74, 6) is 0. The first-order valence-electron chi connectivity index (χ1n) is 7.94. The van der Waals surface area contributed by atoms with Gasteiger partial charge in [0.15, 0.2) is 0 Å². The van der Waals surface area contributed by atoms with Gasteiger partial charge in [-0.3, -0.25) is 0 Å². The maximum absolute atomic E-state index is 4.24. The number of hydrogen-bond acceptors (Lipinski definition) is 1. The van der Waals surface area contributed by atoms with Crippen LogP contribution >= 0.6 is 0 Å². The molecular weight excluding hydrogens is 254 g/mol. The molecule has 0 unspecified atom stereocenters. The van der Waals surface area contributed by atoms with Gasteiger partial charge in [0.05, 0.1) is 0 Å². The molecule has 0 aromatic carbocycles. The van der Waals surface area contributed by atoms with Gasteiger partial charge in [-0.1, -0.05) is 35.5 Å². The van der Waals surface area contributed by atoms with Gasteiger partial charge in [-0.2, -0.15) is 0 Å². The smallest absolute Gasteiger partial charge is 0.0367 e. The highest BCUT2D eigenvalue weighted by molar-refractivity contribution is 5.20. The Morgan fingerprint density at radius 2 is 1.52 bits per heavy atom. The third-order valence-electron chi connectivity index (χ3n) is 3.33. The van der Waals surface area contributed by atoms with E-state index < -0.39 is 0 Å². The van der Waals surface area contributed by atoms with E-state index in [4.69, 9.17) is 0 Å². The van der Waals surface area contributed by atoms with Gasteiger partial charge in [-0.05, 0) is 74.3 Å². The molecule has 0 amide bonds. The van der Waals surface area contributed by atoms with Crippen LogP contribution in [0.5, 0.6) is 0 Å². The van der Waals surface area contributed by atoms with Gasteiger partial charge in [0.2, 0.25) is 0 Å². The van der Waals surface area contributed by atoms with Gasteiger partial charge < -0.3 is 4.90 Å². The lowest BCUT2D eigenvalue weighted by Gasteiger charge is -2.37. The fraction of sp³-hybridized carbons (Fsp3) is 0.600. The summed E-state index contributed by atoms with van der Waals surface area (Å²) < 4.78 is 0. The summed E-state index contributed by atoms with van der Waals surface area (Å²) in [6, 6.07) is 0. The Hall–Kier alpha value is -1.24. The first-order valence-corrected chi connectivity index (χ1v) is 7.94. The van der Waals surface area contributed by atoms with Gasteiger partial charge in [-0.15, -0.1) is 0 Å². The van der Waals surface area contributed by atoms with Crippen LogP contribution in [0, 0.1) is 0 Å². The molecule has 0 atom stereocenters. The summed E-state index contributed by atoms with van der Waals surface area (Å²) in [4.78, 5) is 2.37. The van der Waals surface area contributed by atoms with Crippen molar-refractivity contribution in [3.63, 3.8) is 0 Å². The lowest BCUT2D eigenvalue weighted by atomic mass is 10.0. The molecule has 0 saturated heterocycles. The van der Waals surface area contributed by atoms with Gasteiger partial charge in [0, 0.05) is 17.8 Å². The number of hydrogen-bond donors (Lipinski definition) is 0. The zero-order valence-corrected chi connectivity index (χ0v) is 15.5. The van der Waals surface area contributed by atoms with Crippen molar-refractivity contribution in [3.8, 4) is 0 Å². The zero-order chi connectivity index (χ0) is 16.6. The fourth-order valence-electron chi connectivity index (χ4n) is 2.17. The van der Waals surface area contributed by atoms with E-state index in [1.807, 2.05) is 0 Å². The van der Waals surface area contributed by atoms with Crippen LogP contribution in [0.3, 0.4) is 0 Å². The molecule has 0 N–H and O–H groups in total. The standard InChI is InChI=1S/C20H35N/c1-16(2)11-10-12-18(5)13-14-21(20(7,8)9)19(6)15-17(3)4/h11,13,15H,6,10,12,14H2,1-5,7-9H3/b18-13+. The van der Waals surface area contributed by atoms with Gasteiger partial charge >= 0.3 is 0 Å². The van der Waals surface area contributed by atoms with E-state index in [9.17, 15) is 0 Å². The molecule has 0 saturated carbocycles. The van der Waals surface area contributed by atoms with Gasteiger partial charge in [0.1, 0.15) is 0 Å². The molecule has 0 bridgehead atoms. The molecule has 0 aromatic heterocycles. The fourth-order valence-corrected chi connectivity index (χ4v) is 2.17. The van der Waals surface area contributed by atoms with Crippen LogP contribution in [0.25, 0.3) is 0 Å².